The van der Waals surface area contributed by atoms with Crippen LogP contribution in [0.2, 0.25) is 0 Å². The van der Waals surface area contributed by atoms with Gasteiger partial charge in [0.1, 0.15) is 11.6 Å². The molecule has 0 aliphatic rings. The molecule has 0 radical (unpaired) electrons. The van der Waals surface area contributed by atoms with E-state index in [-0.39, 0.29) is 35.4 Å². The van der Waals surface area contributed by atoms with Crippen molar-refractivity contribution < 1.29 is 22.1 Å². The third kappa shape index (κ3) is 5.01. The van der Waals surface area contributed by atoms with E-state index in [9.17, 15) is 17.6 Å². The SMILES string of the molecule is Cc1ccccc1NC(=O)CCc1nc(CS(=O)(=O)c2ccc(F)cc2)no1. The summed E-state index contributed by atoms with van der Waals surface area (Å²) in [5, 5.41) is 6.45. The zero-order valence-corrected chi connectivity index (χ0v) is 15.9. The number of carbonyl (C=O) groups is 1. The molecule has 1 N–H and O–H groups in total. The molecule has 1 aromatic heterocycles. The number of anilines is 1. The van der Waals surface area contributed by atoms with Crippen LogP contribution in [-0.2, 0) is 26.8 Å². The number of hydrogen-bond donors (Lipinski definition) is 1. The van der Waals surface area contributed by atoms with Gasteiger partial charge in [0.25, 0.3) is 0 Å². The highest BCUT2D eigenvalue weighted by molar-refractivity contribution is 7.90. The summed E-state index contributed by atoms with van der Waals surface area (Å²) in [6.45, 7) is 1.89. The topological polar surface area (TPSA) is 102 Å². The minimum absolute atomic E-state index is 0.0152. The zero-order chi connectivity index (χ0) is 20.1. The number of sulfone groups is 1. The Labute approximate surface area is 161 Å². The van der Waals surface area contributed by atoms with Gasteiger partial charge in [-0.3, -0.25) is 4.79 Å². The number of amides is 1. The number of halogens is 1. The molecule has 7 nitrogen and oxygen atoms in total. The van der Waals surface area contributed by atoms with Gasteiger partial charge in [-0.15, -0.1) is 0 Å². The summed E-state index contributed by atoms with van der Waals surface area (Å²) in [6.07, 6.45) is 0.294. The summed E-state index contributed by atoms with van der Waals surface area (Å²) in [5.41, 5.74) is 1.67. The molecule has 0 aliphatic heterocycles. The molecule has 9 heteroatoms. The molecule has 0 bridgehead atoms. The van der Waals surface area contributed by atoms with E-state index in [1.165, 1.54) is 12.1 Å². The van der Waals surface area contributed by atoms with Crippen molar-refractivity contribution in [2.45, 2.75) is 30.4 Å². The van der Waals surface area contributed by atoms with Crippen LogP contribution in [0.4, 0.5) is 10.1 Å². The lowest BCUT2D eigenvalue weighted by Gasteiger charge is -2.06. The first-order valence-electron chi connectivity index (χ1n) is 8.49. The second kappa shape index (κ2) is 8.30. The van der Waals surface area contributed by atoms with Crippen LogP contribution < -0.4 is 5.32 Å². The number of carbonyl (C=O) groups excluding carboxylic acids is 1. The molecule has 28 heavy (non-hydrogen) atoms. The number of benzene rings is 2. The molecule has 1 amide bonds. The lowest BCUT2D eigenvalue weighted by atomic mass is 10.2. The van der Waals surface area contributed by atoms with Gasteiger partial charge in [0.05, 0.1) is 4.90 Å². The third-order valence-electron chi connectivity index (χ3n) is 3.99. The monoisotopic (exact) mass is 403 g/mol. The van der Waals surface area contributed by atoms with Crippen molar-refractivity contribution in [1.29, 1.82) is 0 Å². The van der Waals surface area contributed by atoms with E-state index in [2.05, 4.69) is 15.5 Å². The fourth-order valence-electron chi connectivity index (χ4n) is 2.49. The quantitative estimate of drug-likeness (QED) is 0.608. The van der Waals surface area contributed by atoms with E-state index in [4.69, 9.17) is 4.52 Å². The second-order valence-electron chi connectivity index (χ2n) is 6.18. The molecule has 0 spiro atoms. The van der Waals surface area contributed by atoms with E-state index in [0.717, 1.165) is 23.4 Å². The highest BCUT2D eigenvalue weighted by Gasteiger charge is 2.19. The van der Waals surface area contributed by atoms with Crippen LogP contribution in [0.5, 0.6) is 0 Å². The van der Waals surface area contributed by atoms with Gasteiger partial charge in [-0.1, -0.05) is 23.4 Å². The summed E-state index contributed by atoms with van der Waals surface area (Å²) in [7, 11) is -3.72. The van der Waals surface area contributed by atoms with Gasteiger partial charge >= 0.3 is 0 Å². The Hall–Kier alpha value is -3.07. The molecule has 0 saturated heterocycles. The second-order valence-corrected chi connectivity index (χ2v) is 8.17. The fraction of sp³-hybridized carbons (Fsp3) is 0.211. The minimum atomic E-state index is -3.72. The number of aryl methyl sites for hydroxylation is 2. The van der Waals surface area contributed by atoms with Gasteiger partial charge in [-0.25, -0.2) is 12.8 Å². The fourth-order valence-corrected chi connectivity index (χ4v) is 3.67. The van der Waals surface area contributed by atoms with Gasteiger partial charge in [0.2, 0.25) is 11.8 Å². The maximum absolute atomic E-state index is 12.9. The number of nitrogens with one attached hydrogen (secondary N) is 1. The van der Waals surface area contributed by atoms with Crippen LogP contribution >= 0.6 is 0 Å². The number of nitrogens with zero attached hydrogens (tertiary/aromatic N) is 2. The maximum atomic E-state index is 12.9. The molecular formula is C19H18FN3O4S. The molecule has 1 heterocycles. The summed E-state index contributed by atoms with van der Waals surface area (Å²) in [5.74, 6) is -1.06. The summed E-state index contributed by atoms with van der Waals surface area (Å²) < 4.78 is 42.6. The summed E-state index contributed by atoms with van der Waals surface area (Å²) in [6, 6.07) is 11.9. The Bertz CT molecular complexity index is 1080. The van der Waals surface area contributed by atoms with Crippen molar-refractivity contribution in [3.05, 3.63) is 71.6 Å². The molecule has 146 valence electrons. The highest BCUT2D eigenvalue weighted by atomic mass is 32.2. The average molecular weight is 403 g/mol. The molecule has 0 aliphatic carbocycles. The van der Waals surface area contributed by atoms with Crippen LogP contribution in [-0.4, -0.2) is 24.5 Å². The highest BCUT2D eigenvalue weighted by Crippen LogP contribution is 2.16. The molecule has 0 unspecified atom stereocenters. The van der Waals surface area contributed by atoms with Crippen molar-refractivity contribution >= 4 is 21.4 Å². The third-order valence-corrected chi connectivity index (χ3v) is 5.62. The predicted octanol–water partition coefficient (Wildman–Crippen LogP) is 3.06. The van der Waals surface area contributed by atoms with Crippen molar-refractivity contribution in [3.8, 4) is 0 Å². The molecular weight excluding hydrogens is 385 g/mol. The van der Waals surface area contributed by atoms with Gasteiger partial charge < -0.3 is 9.84 Å². The van der Waals surface area contributed by atoms with E-state index < -0.39 is 21.4 Å². The summed E-state index contributed by atoms with van der Waals surface area (Å²) in [4.78, 5) is 16.1. The Morgan fingerprint density at radius 1 is 1.14 bits per heavy atom. The first-order valence-corrected chi connectivity index (χ1v) is 10.1. The molecule has 3 aromatic rings. The van der Waals surface area contributed by atoms with E-state index in [0.29, 0.717) is 0 Å². The van der Waals surface area contributed by atoms with Crippen molar-refractivity contribution in [2.24, 2.45) is 0 Å². The number of hydrogen-bond acceptors (Lipinski definition) is 6. The largest absolute Gasteiger partial charge is 0.339 e. The van der Waals surface area contributed by atoms with Crippen LogP contribution in [0.15, 0.2) is 57.9 Å². The van der Waals surface area contributed by atoms with Crippen molar-refractivity contribution in [1.82, 2.24) is 10.1 Å². The van der Waals surface area contributed by atoms with Gasteiger partial charge in [-0.05, 0) is 42.8 Å². The normalized spacial score (nSPS) is 11.4. The Balaban J connectivity index is 1.57. The molecule has 2 aromatic carbocycles. The summed E-state index contributed by atoms with van der Waals surface area (Å²) >= 11 is 0. The van der Waals surface area contributed by atoms with Crippen LogP contribution in [0, 0.1) is 12.7 Å². The zero-order valence-electron chi connectivity index (χ0n) is 15.1. The predicted molar refractivity (Wildman–Crippen MR) is 99.7 cm³/mol. The van der Waals surface area contributed by atoms with Gasteiger partial charge in [-0.2, -0.15) is 4.98 Å². The lowest BCUT2D eigenvalue weighted by molar-refractivity contribution is -0.116. The first-order chi connectivity index (χ1) is 13.3. The Morgan fingerprint density at radius 2 is 1.86 bits per heavy atom. The van der Waals surface area contributed by atoms with Crippen molar-refractivity contribution in [3.63, 3.8) is 0 Å². The molecule has 0 saturated carbocycles. The maximum Gasteiger partial charge on any atom is 0.227 e. The minimum Gasteiger partial charge on any atom is -0.339 e. The molecule has 0 fully saturated rings. The smallest absolute Gasteiger partial charge is 0.227 e. The van der Waals surface area contributed by atoms with Gasteiger partial charge in [0.15, 0.2) is 15.7 Å². The van der Waals surface area contributed by atoms with E-state index >= 15 is 0 Å². The molecule has 3 rings (SSSR count). The van der Waals surface area contributed by atoms with Crippen molar-refractivity contribution in [2.75, 3.05) is 5.32 Å². The Kier molecular flexibility index (Phi) is 5.84. The van der Waals surface area contributed by atoms with Crippen LogP contribution in [0.3, 0.4) is 0 Å². The van der Waals surface area contributed by atoms with E-state index in [1.807, 2.05) is 25.1 Å². The van der Waals surface area contributed by atoms with Crippen LogP contribution in [0.1, 0.15) is 23.7 Å². The Morgan fingerprint density at radius 3 is 2.57 bits per heavy atom. The lowest BCUT2D eigenvalue weighted by Crippen LogP contribution is -2.13. The first kappa shape index (κ1) is 19.7. The molecule has 0 atom stereocenters. The van der Waals surface area contributed by atoms with Gasteiger partial charge in [0, 0.05) is 18.5 Å². The van der Waals surface area contributed by atoms with Crippen LogP contribution in [0.25, 0.3) is 0 Å². The average Bonchev–Trinajstić information content (AvgIpc) is 3.09. The number of rotatable bonds is 7. The number of para-hydroxylation sites is 1. The number of aromatic nitrogens is 2. The standard InChI is InChI=1S/C19H18FN3O4S/c1-13-4-2-3-5-16(13)21-18(24)10-11-19-22-17(23-27-19)12-28(25,26)15-8-6-14(20)7-9-15/h2-9H,10-12H2,1H3,(H,21,24). The van der Waals surface area contributed by atoms with E-state index in [1.54, 1.807) is 6.07 Å².